The summed E-state index contributed by atoms with van der Waals surface area (Å²) in [6, 6.07) is 15.1. The molecule has 3 amide bonds. The van der Waals surface area contributed by atoms with Gasteiger partial charge in [0.15, 0.2) is 0 Å². The van der Waals surface area contributed by atoms with E-state index < -0.39 is 35.2 Å². The summed E-state index contributed by atoms with van der Waals surface area (Å²) in [5.74, 6) is -1.71. The molecule has 3 aromatic carbocycles. The molecule has 1 heterocycles. The average Bonchev–Trinajstić information content (AvgIpc) is 2.84. The van der Waals surface area contributed by atoms with Gasteiger partial charge in [0.05, 0.1) is 6.04 Å². The summed E-state index contributed by atoms with van der Waals surface area (Å²) >= 11 is 0. The molecule has 1 saturated heterocycles. The first-order valence-electron chi connectivity index (χ1n) is 11.5. The molecule has 6 nitrogen and oxygen atoms in total. The lowest BCUT2D eigenvalue weighted by Gasteiger charge is -2.43. The van der Waals surface area contributed by atoms with E-state index in [1.54, 1.807) is 41.3 Å². The molecule has 36 heavy (non-hydrogen) atoms. The van der Waals surface area contributed by atoms with E-state index in [-0.39, 0.29) is 24.6 Å². The van der Waals surface area contributed by atoms with E-state index in [9.17, 15) is 22.8 Å². The average molecular weight is 498 g/mol. The molecule has 4 rings (SSSR count). The van der Waals surface area contributed by atoms with Crippen LogP contribution in [-0.4, -0.2) is 30.1 Å². The van der Waals surface area contributed by atoms with Crippen molar-refractivity contribution in [2.24, 2.45) is 5.73 Å². The molecule has 1 aliphatic rings. The first-order valence-corrected chi connectivity index (χ1v) is 11.5. The van der Waals surface area contributed by atoms with Crippen LogP contribution in [0.3, 0.4) is 0 Å². The highest BCUT2D eigenvalue weighted by atomic mass is 19.1. The first-order chi connectivity index (χ1) is 17.2. The molecule has 0 radical (unpaired) electrons. The quantitative estimate of drug-likeness (QED) is 0.444. The number of cyclic esters (lactones) is 1. The number of carbonyl (C=O) groups is 2. The zero-order valence-corrected chi connectivity index (χ0v) is 19.6. The number of ether oxygens (including phenoxy) is 1. The van der Waals surface area contributed by atoms with Crippen LogP contribution in [0.5, 0.6) is 0 Å². The Morgan fingerprint density at radius 2 is 1.72 bits per heavy atom. The SMILES string of the molecule is C[C@@H](c1ccc(-c2ccc(F)cc2F)cc1)N1CCC(CCNC(N)=O)(c2ccc(F)cc2)OC1=O. The third-order valence-electron chi connectivity index (χ3n) is 6.57. The second kappa shape index (κ2) is 10.3. The molecule has 3 N–H and O–H groups in total. The minimum atomic E-state index is -1.05. The number of nitrogens with one attached hydrogen (secondary N) is 1. The van der Waals surface area contributed by atoms with E-state index in [4.69, 9.17) is 10.5 Å². The minimum absolute atomic E-state index is 0.178. The predicted octanol–water partition coefficient (Wildman–Crippen LogP) is 5.63. The van der Waals surface area contributed by atoms with Crippen molar-refractivity contribution in [2.45, 2.75) is 31.4 Å². The van der Waals surface area contributed by atoms with Gasteiger partial charge in [0.2, 0.25) is 0 Å². The molecular formula is C27H26F3N3O3. The number of benzene rings is 3. The van der Waals surface area contributed by atoms with E-state index in [0.717, 1.165) is 11.6 Å². The third kappa shape index (κ3) is 5.30. The normalized spacial score (nSPS) is 18.4. The molecule has 0 saturated carbocycles. The number of hydrogen-bond acceptors (Lipinski definition) is 3. The van der Waals surface area contributed by atoms with Gasteiger partial charge >= 0.3 is 12.1 Å². The maximum Gasteiger partial charge on any atom is 0.411 e. The summed E-state index contributed by atoms with van der Waals surface area (Å²) in [5, 5.41) is 2.51. The smallest absolute Gasteiger partial charge is 0.411 e. The number of rotatable bonds is 7. The Bertz CT molecular complexity index is 1250. The Kier molecular flexibility index (Phi) is 7.19. The number of carbonyl (C=O) groups excluding carboxylic acids is 2. The van der Waals surface area contributed by atoms with Crippen molar-refractivity contribution in [3.8, 4) is 11.1 Å². The van der Waals surface area contributed by atoms with Crippen molar-refractivity contribution < 1.29 is 27.5 Å². The van der Waals surface area contributed by atoms with Gasteiger partial charge in [0.1, 0.15) is 23.1 Å². The molecule has 0 aromatic heterocycles. The Morgan fingerprint density at radius 1 is 1.06 bits per heavy atom. The van der Waals surface area contributed by atoms with Crippen LogP contribution in [0.4, 0.5) is 22.8 Å². The van der Waals surface area contributed by atoms with Gasteiger partial charge in [0.25, 0.3) is 0 Å². The van der Waals surface area contributed by atoms with E-state index in [0.29, 0.717) is 24.1 Å². The van der Waals surface area contributed by atoms with Gasteiger partial charge in [-0.3, -0.25) is 0 Å². The largest absolute Gasteiger partial charge is 0.438 e. The summed E-state index contributed by atoms with van der Waals surface area (Å²) in [5.41, 5.74) is 6.42. The summed E-state index contributed by atoms with van der Waals surface area (Å²) in [7, 11) is 0. The topological polar surface area (TPSA) is 84.7 Å². The van der Waals surface area contributed by atoms with Crippen LogP contribution in [0.1, 0.15) is 36.9 Å². The van der Waals surface area contributed by atoms with Crippen molar-refractivity contribution in [1.29, 1.82) is 0 Å². The number of nitrogens with zero attached hydrogens (tertiary/aromatic N) is 1. The molecule has 0 aliphatic carbocycles. The number of primary amides is 1. The van der Waals surface area contributed by atoms with E-state index in [1.165, 1.54) is 24.3 Å². The van der Waals surface area contributed by atoms with Gasteiger partial charge in [0, 0.05) is 37.6 Å². The van der Waals surface area contributed by atoms with Crippen LogP contribution in [-0.2, 0) is 10.3 Å². The van der Waals surface area contributed by atoms with Crippen LogP contribution < -0.4 is 11.1 Å². The molecule has 3 aromatic rings. The van der Waals surface area contributed by atoms with Crippen LogP contribution >= 0.6 is 0 Å². The molecule has 9 heteroatoms. The van der Waals surface area contributed by atoms with Gasteiger partial charge in [-0.2, -0.15) is 0 Å². The van der Waals surface area contributed by atoms with Crippen LogP contribution in [0.2, 0.25) is 0 Å². The predicted molar refractivity (Wildman–Crippen MR) is 128 cm³/mol. The van der Waals surface area contributed by atoms with E-state index >= 15 is 0 Å². The maximum atomic E-state index is 14.1. The van der Waals surface area contributed by atoms with Gasteiger partial charge in [-0.1, -0.05) is 36.4 Å². The molecular weight excluding hydrogens is 471 g/mol. The van der Waals surface area contributed by atoms with Crippen molar-refractivity contribution in [3.05, 3.63) is 95.3 Å². The van der Waals surface area contributed by atoms with Crippen molar-refractivity contribution in [2.75, 3.05) is 13.1 Å². The monoisotopic (exact) mass is 497 g/mol. The van der Waals surface area contributed by atoms with Crippen molar-refractivity contribution in [1.82, 2.24) is 10.2 Å². The van der Waals surface area contributed by atoms with Crippen molar-refractivity contribution in [3.63, 3.8) is 0 Å². The van der Waals surface area contributed by atoms with Gasteiger partial charge < -0.3 is 20.7 Å². The van der Waals surface area contributed by atoms with Crippen LogP contribution in [0, 0.1) is 17.5 Å². The molecule has 1 unspecified atom stereocenters. The van der Waals surface area contributed by atoms with E-state index in [2.05, 4.69) is 5.32 Å². The summed E-state index contributed by atoms with van der Waals surface area (Å²) in [6.45, 7) is 2.38. The van der Waals surface area contributed by atoms with Crippen LogP contribution in [0.25, 0.3) is 11.1 Å². The van der Waals surface area contributed by atoms with Crippen molar-refractivity contribution >= 4 is 12.1 Å². The Morgan fingerprint density at radius 3 is 2.33 bits per heavy atom. The highest BCUT2D eigenvalue weighted by molar-refractivity contribution is 5.72. The molecule has 2 atom stereocenters. The molecule has 1 fully saturated rings. The number of halogens is 3. The lowest BCUT2D eigenvalue weighted by atomic mass is 9.85. The van der Waals surface area contributed by atoms with E-state index in [1.807, 2.05) is 6.92 Å². The Labute approximate surface area is 206 Å². The zero-order chi connectivity index (χ0) is 25.9. The number of amides is 3. The molecule has 1 aliphatic heterocycles. The van der Waals surface area contributed by atoms with Gasteiger partial charge in [-0.05, 0) is 47.9 Å². The summed E-state index contributed by atoms with van der Waals surface area (Å²) < 4.78 is 46.8. The minimum Gasteiger partial charge on any atom is -0.438 e. The Balaban J connectivity index is 1.51. The maximum absolute atomic E-state index is 14.1. The molecule has 188 valence electrons. The highest BCUT2D eigenvalue weighted by Crippen LogP contribution is 2.39. The molecule has 0 bridgehead atoms. The second-order valence-electron chi connectivity index (χ2n) is 8.78. The zero-order valence-electron chi connectivity index (χ0n) is 19.6. The molecule has 0 spiro atoms. The summed E-state index contributed by atoms with van der Waals surface area (Å²) in [6.07, 6.45) is 0.132. The lowest BCUT2D eigenvalue weighted by molar-refractivity contribution is -0.0646. The van der Waals surface area contributed by atoms with Gasteiger partial charge in [-0.15, -0.1) is 0 Å². The third-order valence-corrected chi connectivity index (χ3v) is 6.57. The van der Waals surface area contributed by atoms with Crippen LogP contribution in [0.15, 0.2) is 66.7 Å². The summed E-state index contributed by atoms with van der Waals surface area (Å²) in [4.78, 5) is 25.9. The Hall–Kier alpha value is -4.01. The second-order valence-corrected chi connectivity index (χ2v) is 8.78. The highest BCUT2D eigenvalue weighted by Gasteiger charge is 2.43. The fourth-order valence-corrected chi connectivity index (χ4v) is 4.53. The van der Waals surface area contributed by atoms with Gasteiger partial charge in [-0.25, -0.2) is 22.8 Å². The standard InChI is InChI=1S/C27H26F3N3O3/c1-17(18-2-4-19(5-3-18)23-11-10-22(29)16-24(23)30)33-15-13-27(36-26(33)35,12-14-32-25(31)34)20-6-8-21(28)9-7-20/h2-11,16-17H,12-15H2,1H3,(H3,31,32,34)/t17-,27?/m0/s1. The number of nitrogens with two attached hydrogens (primary N) is 1. The lowest BCUT2D eigenvalue weighted by Crippen LogP contribution is -2.50. The first kappa shape index (κ1) is 25.1. The number of urea groups is 1. The number of hydrogen-bond donors (Lipinski definition) is 2. The fraction of sp³-hybridized carbons (Fsp3) is 0.259. The fourth-order valence-electron chi connectivity index (χ4n) is 4.53.